The number of carbonyl (C=O) groups is 3. The quantitative estimate of drug-likeness (QED) is 0.217. The number of nitrogens with one attached hydrogen (secondary N) is 1. The van der Waals surface area contributed by atoms with Crippen LogP contribution in [0, 0.1) is 0 Å². The molecule has 2 fully saturated rings. The Labute approximate surface area is 222 Å². The SMILES string of the molecule is CN(Cc1c(C=O)cccc1OCCCCOc1cc(C2CC2)nc2ccccc12)C1CCC(=O)NC1=O. The Morgan fingerprint density at radius 3 is 2.50 bits per heavy atom. The topological polar surface area (TPSA) is 97.8 Å². The number of pyridine rings is 1. The summed E-state index contributed by atoms with van der Waals surface area (Å²) in [5.74, 6) is 1.52. The summed E-state index contributed by atoms with van der Waals surface area (Å²) in [6, 6.07) is 15.1. The van der Waals surface area contributed by atoms with Crippen LogP contribution in [0.3, 0.4) is 0 Å². The minimum Gasteiger partial charge on any atom is -0.493 e. The number of nitrogens with zero attached hydrogens (tertiary/aromatic N) is 2. The summed E-state index contributed by atoms with van der Waals surface area (Å²) >= 11 is 0. The minimum atomic E-state index is -0.429. The molecule has 2 aromatic carbocycles. The molecule has 0 spiro atoms. The maximum absolute atomic E-state index is 12.3. The van der Waals surface area contributed by atoms with E-state index in [2.05, 4.69) is 11.4 Å². The van der Waals surface area contributed by atoms with E-state index < -0.39 is 6.04 Å². The number of rotatable bonds is 12. The predicted octanol–water partition coefficient (Wildman–Crippen LogP) is 4.40. The average Bonchev–Trinajstić information content (AvgIpc) is 3.77. The van der Waals surface area contributed by atoms with Crippen LogP contribution in [0.1, 0.15) is 66.1 Å². The highest BCUT2D eigenvalue weighted by atomic mass is 16.5. The fourth-order valence-corrected chi connectivity index (χ4v) is 4.90. The number of hydrogen-bond acceptors (Lipinski definition) is 7. The molecule has 1 aromatic heterocycles. The minimum absolute atomic E-state index is 0.249. The number of imide groups is 1. The zero-order valence-electron chi connectivity index (χ0n) is 21.7. The van der Waals surface area contributed by atoms with E-state index >= 15 is 0 Å². The van der Waals surface area contributed by atoms with Crippen molar-refractivity contribution in [2.24, 2.45) is 0 Å². The first kappa shape index (κ1) is 25.9. The van der Waals surface area contributed by atoms with Crippen molar-refractivity contribution in [3.63, 3.8) is 0 Å². The van der Waals surface area contributed by atoms with Crippen molar-refractivity contribution in [2.45, 2.75) is 57.0 Å². The van der Waals surface area contributed by atoms with E-state index in [0.717, 1.165) is 47.0 Å². The summed E-state index contributed by atoms with van der Waals surface area (Å²) in [5, 5.41) is 3.42. The number of likely N-dealkylation sites (N-methyl/N-ethyl adjacent to an activating group) is 1. The van der Waals surface area contributed by atoms with Crippen LogP contribution in [0.15, 0.2) is 48.5 Å². The number of amides is 2. The van der Waals surface area contributed by atoms with Gasteiger partial charge in [-0.3, -0.25) is 29.6 Å². The summed E-state index contributed by atoms with van der Waals surface area (Å²) in [6.45, 7) is 1.41. The average molecular weight is 516 g/mol. The summed E-state index contributed by atoms with van der Waals surface area (Å²) in [7, 11) is 1.82. The Morgan fingerprint density at radius 1 is 1.00 bits per heavy atom. The van der Waals surface area contributed by atoms with Crippen LogP contribution in [0.5, 0.6) is 11.5 Å². The molecule has 3 aromatic rings. The van der Waals surface area contributed by atoms with Crippen LogP contribution in [0.25, 0.3) is 10.9 Å². The van der Waals surface area contributed by atoms with Gasteiger partial charge in [-0.15, -0.1) is 0 Å². The van der Waals surface area contributed by atoms with Gasteiger partial charge in [-0.2, -0.15) is 0 Å². The number of unbranched alkanes of at least 4 members (excludes halogenated alkanes) is 1. The maximum Gasteiger partial charge on any atom is 0.243 e. The second-order valence-corrected chi connectivity index (χ2v) is 10.1. The molecule has 8 nitrogen and oxygen atoms in total. The number of fused-ring (bicyclic) bond motifs is 1. The highest BCUT2D eigenvalue weighted by Crippen LogP contribution is 2.41. The molecule has 1 unspecified atom stereocenters. The van der Waals surface area contributed by atoms with Gasteiger partial charge >= 0.3 is 0 Å². The molecule has 1 N–H and O–H groups in total. The molecule has 1 aliphatic carbocycles. The van der Waals surface area contributed by atoms with Gasteiger partial charge in [0.05, 0.1) is 24.8 Å². The van der Waals surface area contributed by atoms with Crippen molar-refractivity contribution >= 4 is 29.0 Å². The lowest BCUT2D eigenvalue weighted by atomic mass is 10.0. The number of aldehydes is 1. The summed E-state index contributed by atoms with van der Waals surface area (Å²) in [6.07, 6.45) is 5.55. The number of aromatic nitrogens is 1. The Hall–Kier alpha value is -3.78. The van der Waals surface area contributed by atoms with E-state index in [1.54, 1.807) is 12.1 Å². The molecule has 1 aliphatic heterocycles. The van der Waals surface area contributed by atoms with Gasteiger partial charge in [-0.1, -0.05) is 24.3 Å². The van der Waals surface area contributed by atoms with Crippen molar-refractivity contribution in [1.82, 2.24) is 15.2 Å². The molecule has 2 aliphatic rings. The van der Waals surface area contributed by atoms with Crippen molar-refractivity contribution in [3.05, 3.63) is 65.4 Å². The van der Waals surface area contributed by atoms with Crippen molar-refractivity contribution in [2.75, 3.05) is 20.3 Å². The molecule has 1 saturated heterocycles. The number of hydrogen-bond donors (Lipinski definition) is 1. The molecule has 0 radical (unpaired) electrons. The van der Waals surface area contributed by atoms with Crippen LogP contribution in [0.4, 0.5) is 0 Å². The maximum atomic E-state index is 12.3. The molecule has 8 heteroatoms. The van der Waals surface area contributed by atoms with Gasteiger partial charge in [0, 0.05) is 47.2 Å². The molecule has 198 valence electrons. The highest BCUT2D eigenvalue weighted by molar-refractivity contribution is 6.00. The Bertz CT molecular complexity index is 1340. The van der Waals surface area contributed by atoms with E-state index in [1.165, 1.54) is 12.8 Å². The third-order valence-electron chi connectivity index (χ3n) is 7.19. The molecule has 0 bridgehead atoms. The number of benzene rings is 2. The van der Waals surface area contributed by atoms with E-state index in [4.69, 9.17) is 14.5 Å². The van der Waals surface area contributed by atoms with Crippen LogP contribution in [0.2, 0.25) is 0 Å². The second kappa shape index (κ2) is 11.7. The van der Waals surface area contributed by atoms with Crippen molar-refractivity contribution in [1.29, 1.82) is 0 Å². The molecule has 2 heterocycles. The number of ether oxygens (including phenoxy) is 2. The lowest BCUT2D eigenvalue weighted by Gasteiger charge is -2.30. The first-order chi connectivity index (χ1) is 18.5. The Morgan fingerprint density at radius 2 is 1.76 bits per heavy atom. The number of piperidine rings is 1. The van der Waals surface area contributed by atoms with Gasteiger partial charge in [0.2, 0.25) is 11.8 Å². The van der Waals surface area contributed by atoms with Crippen molar-refractivity contribution < 1.29 is 23.9 Å². The van der Waals surface area contributed by atoms with Crippen LogP contribution in [-0.4, -0.2) is 54.3 Å². The van der Waals surface area contributed by atoms with E-state index in [9.17, 15) is 14.4 Å². The Kier molecular flexibility index (Phi) is 7.98. The Balaban J connectivity index is 1.16. The smallest absolute Gasteiger partial charge is 0.243 e. The van der Waals surface area contributed by atoms with Gasteiger partial charge in [0.25, 0.3) is 0 Å². The lowest BCUT2D eigenvalue weighted by Crippen LogP contribution is -2.51. The molecular weight excluding hydrogens is 482 g/mol. The van der Waals surface area contributed by atoms with Gasteiger partial charge in [0.1, 0.15) is 11.5 Å². The van der Waals surface area contributed by atoms with Gasteiger partial charge in [-0.25, -0.2) is 0 Å². The second-order valence-electron chi connectivity index (χ2n) is 10.1. The van der Waals surface area contributed by atoms with Crippen molar-refractivity contribution in [3.8, 4) is 11.5 Å². The zero-order chi connectivity index (χ0) is 26.5. The zero-order valence-corrected chi connectivity index (χ0v) is 21.7. The fourth-order valence-electron chi connectivity index (χ4n) is 4.90. The molecule has 5 rings (SSSR count). The fraction of sp³-hybridized carbons (Fsp3) is 0.400. The van der Waals surface area contributed by atoms with E-state index in [1.807, 2.05) is 42.3 Å². The highest BCUT2D eigenvalue weighted by Gasteiger charge is 2.30. The normalized spacial score (nSPS) is 17.5. The molecule has 2 amide bonds. The summed E-state index contributed by atoms with van der Waals surface area (Å²) in [5.41, 5.74) is 3.36. The van der Waals surface area contributed by atoms with Gasteiger partial charge < -0.3 is 9.47 Å². The van der Waals surface area contributed by atoms with Crippen LogP contribution >= 0.6 is 0 Å². The van der Waals surface area contributed by atoms with Gasteiger partial charge in [-0.05, 0) is 57.4 Å². The molecule has 1 atom stereocenters. The summed E-state index contributed by atoms with van der Waals surface area (Å²) < 4.78 is 12.3. The van der Waals surface area contributed by atoms with Crippen LogP contribution in [-0.2, 0) is 16.1 Å². The molecular formula is C30H33N3O5. The third-order valence-corrected chi connectivity index (χ3v) is 7.19. The molecule has 38 heavy (non-hydrogen) atoms. The van der Waals surface area contributed by atoms with E-state index in [0.29, 0.717) is 49.8 Å². The van der Waals surface area contributed by atoms with Crippen LogP contribution < -0.4 is 14.8 Å². The third kappa shape index (κ3) is 6.02. The number of para-hydroxylation sites is 1. The monoisotopic (exact) mass is 515 g/mol. The largest absolute Gasteiger partial charge is 0.493 e. The predicted molar refractivity (Wildman–Crippen MR) is 143 cm³/mol. The first-order valence-electron chi connectivity index (χ1n) is 13.3. The van der Waals surface area contributed by atoms with Gasteiger partial charge in [0.15, 0.2) is 6.29 Å². The first-order valence-corrected chi connectivity index (χ1v) is 13.3. The summed E-state index contributed by atoms with van der Waals surface area (Å²) in [4.78, 5) is 42.2. The molecule has 1 saturated carbocycles. The number of carbonyl (C=O) groups excluding carboxylic acids is 3. The standard InChI is InChI=1S/C30H33N3O5/c1-33(26-13-14-29(35)32-30(26)36)18-23-21(19-34)7-6-10-27(23)37-15-4-5-16-38-28-17-25(20-11-12-20)31-24-9-3-2-8-22(24)28/h2-3,6-10,17,19-20,26H,4-5,11-16,18H2,1H3,(H,32,35,36). The van der Waals surface area contributed by atoms with E-state index in [-0.39, 0.29) is 11.8 Å². The lowest BCUT2D eigenvalue weighted by molar-refractivity contribution is -0.137.